The fourth-order valence-corrected chi connectivity index (χ4v) is 1.96. The van der Waals surface area contributed by atoms with Crippen LogP contribution in [0.4, 0.5) is 5.88 Å². The molecular weight excluding hydrogens is 252 g/mol. The van der Waals surface area contributed by atoms with Crippen LogP contribution in [0.25, 0.3) is 10.8 Å². The van der Waals surface area contributed by atoms with Gasteiger partial charge in [-0.3, -0.25) is 0 Å². The molecular formula is C12H14N2O3S. The summed E-state index contributed by atoms with van der Waals surface area (Å²) in [7, 11) is 0. The van der Waals surface area contributed by atoms with Crippen molar-refractivity contribution >= 4 is 23.2 Å². The van der Waals surface area contributed by atoms with Crippen LogP contribution in [0.5, 0.6) is 0 Å². The van der Waals surface area contributed by atoms with Crippen LogP contribution in [0, 0.1) is 0 Å². The molecule has 0 aromatic carbocycles. The zero-order valence-corrected chi connectivity index (χ0v) is 11.2. The molecule has 0 bridgehead atoms. The van der Waals surface area contributed by atoms with Crippen LogP contribution in [0.3, 0.4) is 0 Å². The van der Waals surface area contributed by atoms with Gasteiger partial charge in [0.15, 0.2) is 0 Å². The van der Waals surface area contributed by atoms with Crippen molar-refractivity contribution in [3.05, 3.63) is 23.2 Å². The largest absolute Gasteiger partial charge is 0.455 e. The number of carbonyl (C=O) groups is 1. The molecule has 0 radical (unpaired) electrons. The topological polar surface area (TPSA) is 78.3 Å². The number of ether oxygens (including phenoxy) is 1. The third-order valence-corrected chi connectivity index (χ3v) is 2.84. The highest BCUT2D eigenvalue weighted by atomic mass is 32.1. The zero-order chi connectivity index (χ0) is 13.3. The number of aromatic nitrogens is 1. The predicted octanol–water partition coefficient (Wildman–Crippen LogP) is 2.94. The first-order chi connectivity index (χ1) is 8.37. The minimum atomic E-state index is -0.592. The minimum Gasteiger partial charge on any atom is -0.455 e. The van der Waals surface area contributed by atoms with Gasteiger partial charge in [0.1, 0.15) is 5.60 Å². The van der Waals surface area contributed by atoms with Gasteiger partial charge in [-0.25, -0.2) is 4.79 Å². The van der Waals surface area contributed by atoms with Gasteiger partial charge in [-0.2, -0.15) is 4.98 Å². The van der Waals surface area contributed by atoms with E-state index in [0.717, 1.165) is 4.88 Å². The molecule has 2 rings (SSSR count). The number of nitrogens with zero attached hydrogens (tertiary/aromatic N) is 1. The maximum absolute atomic E-state index is 11.8. The molecule has 2 aromatic heterocycles. The van der Waals surface area contributed by atoms with E-state index in [2.05, 4.69) is 4.98 Å². The quantitative estimate of drug-likeness (QED) is 0.845. The Morgan fingerprint density at radius 3 is 2.78 bits per heavy atom. The second-order valence-corrected chi connectivity index (χ2v) is 5.66. The molecule has 0 aliphatic carbocycles. The van der Waals surface area contributed by atoms with Crippen molar-refractivity contribution in [2.24, 2.45) is 0 Å². The Labute approximate surface area is 109 Å². The van der Waals surface area contributed by atoms with Crippen molar-refractivity contribution in [3.8, 4) is 10.8 Å². The summed E-state index contributed by atoms with van der Waals surface area (Å²) in [6.07, 6.45) is 0. The summed E-state index contributed by atoms with van der Waals surface area (Å²) >= 11 is 1.46. The Morgan fingerprint density at radius 2 is 2.22 bits per heavy atom. The average Bonchev–Trinajstić information content (AvgIpc) is 2.82. The van der Waals surface area contributed by atoms with Crippen molar-refractivity contribution in [3.63, 3.8) is 0 Å². The van der Waals surface area contributed by atoms with Crippen LogP contribution < -0.4 is 5.73 Å². The van der Waals surface area contributed by atoms with Gasteiger partial charge >= 0.3 is 5.97 Å². The van der Waals surface area contributed by atoms with Gasteiger partial charge in [0, 0.05) is 0 Å². The number of thiophene rings is 1. The van der Waals surface area contributed by atoms with E-state index in [1.54, 1.807) is 20.8 Å². The summed E-state index contributed by atoms with van der Waals surface area (Å²) in [6, 6.07) is 3.71. The Morgan fingerprint density at radius 1 is 1.50 bits per heavy atom. The third-order valence-electron chi connectivity index (χ3n) is 1.98. The van der Waals surface area contributed by atoms with Crippen LogP contribution in [0.2, 0.25) is 0 Å². The number of oxazole rings is 1. The average molecular weight is 266 g/mol. The van der Waals surface area contributed by atoms with E-state index in [1.807, 2.05) is 17.5 Å². The lowest BCUT2D eigenvalue weighted by atomic mass is 10.2. The fraction of sp³-hybridized carbons (Fsp3) is 0.333. The number of carbonyl (C=O) groups excluding carboxylic acids is 1. The molecule has 0 spiro atoms. The second kappa shape index (κ2) is 4.45. The molecule has 0 amide bonds. The van der Waals surface area contributed by atoms with E-state index in [4.69, 9.17) is 14.9 Å². The van der Waals surface area contributed by atoms with Gasteiger partial charge in [0.05, 0.1) is 4.88 Å². The molecule has 5 nitrogen and oxygen atoms in total. The van der Waals surface area contributed by atoms with Crippen molar-refractivity contribution in [1.29, 1.82) is 0 Å². The molecule has 2 N–H and O–H groups in total. The third kappa shape index (κ3) is 2.70. The highest BCUT2D eigenvalue weighted by molar-refractivity contribution is 7.13. The van der Waals surface area contributed by atoms with E-state index >= 15 is 0 Å². The van der Waals surface area contributed by atoms with Gasteiger partial charge < -0.3 is 14.9 Å². The molecule has 2 heterocycles. The van der Waals surface area contributed by atoms with Gasteiger partial charge in [0.25, 0.3) is 0 Å². The zero-order valence-electron chi connectivity index (χ0n) is 10.4. The molecule has 0 aliphatic rings. The SMILES string of the molecule is CC(C)(C)OC(=O)c1nc(-c2cccs2)oc1N. The van der Waals surface area contributed by atoms with E-state index in [1.165, 1.54) is 11.3 Å². The Balaban J connectivity index is 2.27. The van der Waals surface area contributed by atoms with Gasteiger partial charge in [0.2, 0.25) is 17.5 Å². The monoisotopic (exact) mass is 266 g/mol. The first kappa shape index (κ1) is 12.6. The molecule has 0 unspecified atom stereocenters. The summed E-state index contributed by atoms with van der Waals surface area (Å²) in [4.78, 5) is 16.7. The van der Waals surface area contributed by atoms with Gasteiger partial charge in [-0.05, 0) is 32.2 Å². The number of rotatable bonds is 2. The molecule has 0 aliphatic heterocycles. The van der Waals surface area contributed by atoms with Crippen molar-refractivity contribution in [2.45, 2.75) is 26.4 Å². The number of hydrogen-bond donors (Lipinski definition) is 1. The molecule has 2 aromatic rings. The van der Waals surface area contributed by atoms with Crippen molar-refractivity contribution in [2.75, 3.05) is 5.73 Å². The van der Waals surface area contributed by atoms with Crippen LogP contribution in [-0.4, -0.2) is 16.6 Å². The number of anilines is 1. The molecule has 18 heavy (non-hydrogen) atoms. The smallest absolute Gasteiger partial charge is 0.363 e. The molecule has 6 heteroatoms. The molecule has 0 fully saturated rings. The summed E-state index contributed by atoms with van der Waals surface area (Å²) in [5.74, 6) is -0.262. The lowest BCUT2D eigenvalue weighted by Crippen LogP contribution is -2.24. The first-order valence-corrected chi connectivity index (χ1v) is 6.28. The summed E-state index contributed by atoms with van der Waals surface area (Å²) < 4.78 is 10.5. The lowest BCUT2D eigenvalue weighted by molar-refractivity contribution is 0.00645. The lowest BCUT2D eigenvalue weighted by Gasteiger charge is -2.18. The van der Waals surface area contributed by atoms with Crippen LogP contribution in [0.15, 0.2) is 21.9 Å². The Kier molecular flexibility index (Phi) is 3.13. The normalized spacial score (nSPS) is 11.5. The molecule has 96 valence electrons. The number of nitrogens with two attached hydrogens (primary N) is 1. The summed E-state index contributed by atoms with van der Waals surface area (Å²) in [5, 5.41) is 1.89. The highest BCUT2D eigenvalue weighted by Crippen LogP contribution is 2.28. The number of hydrogen-bond acceptors (Lipinski definition) is 6. The Hall–Kier alpha value is -1.82. The summed E-state index contributed by atoms with van der Waals surface area (Å²) in [5.41, 5.74) is 5.07. The number of nitrogen functional groups attached to an aromatic ring is 1. The van der Waals surface area contributed by atoms with Gasteiger partial charge in [-0.15, -0.1) is 11.3 Å². The van der Waals surface area contributed by atoms with Gasteiger partial charge in [-0.1, -0.05) is 6.07 Å². The van der Waals surface area contributed by atoms with Crippen LogP contribution >= 0.6 is 11.3 Å². The van der Waals surface area contributed by atoms with E-state index in [9.17, 15) is 4.79 Å². The standard InChI is InChI=1S/C12H14N2O3S/c1-12(2,3)17-11(15)8-9(13)16-10(14-8)7-5-4-6-18-7/h4-6H,13H2,1-3H3. The first-order valence-electron chi connectivity index (χ1n) is 5.40. The second-order valence-electron chi connectivity index (χ2n) is 4.71. The van der Waals surface area contributed by atoms with E-state index in [0.29, 0.717) is 5.89 Å². The van der Waals surface area contributed by atoms with Crippen molar-refractivity contribution in [1.82, 2.24) is 4.98 Å². The minimum absolute atomic E-state index is 0.0207. The molecule has 0 saturated carbocycles. The van der Waals surface area contributed by atoms with Crippen LogP contribution in [0.1, 0.15) is 31.3 Å². The van der Waals surface area contributed by atoms with E-state index in [-0.39, 0.29) is 11.6 Å². The fourth-order valence-electron chi connectivity index (χ4n) is 1.31. The molecule has 0 saturated heterocycles. The van der Waals surface area contributed by atoms with E-state index < -0.39 is 11.6 Å². The highest BCUT2D eigenvalue weighted by Gasteiger charge is 2.25. The van der Waals surface area contributed by atoms with Crippen molar-refractivity contribution < 1.29 is 13.9 Å². The number of esters is 1. The molecule has 0 atom stereocenters. The maximum Gasteiger partial charge on any atom is 0.363 e. The summed E-state index contributed by atoms with van der Waals surface area (Å²) in [6.45, 7) is 5.34. The maximum atomic E-state index is 11.8. The predicted molar refractivity (Wildman–Crippen MR) is 69.4 cm³/mol. The Bertz CT molecular complexity index is 552. The van der Waals surface area contributed by atoms with Crippen LogP contribution in [-0.2, 0) is 4.74 Å².